The molecule has 0 N–H and O–H groups in total. The lowest BCUT2D eigenvalue weighted by atomic mass is 9.50. The maximum absolute atomic E-state index is 11.4. The fourth-order valence-corrected chi connectivity index (χ4v) is 7.70. The number of unbranched alkanes of at least 4 members (excludes halogenated alkanes) is 3. The molecule has 162 valence electrons. The van der Waals surface area contributed by atoms with E-state index in [4.69, 9.17) is 4.74 Å². The molecule has 4 aliphatic carbocycles. The zero-order valence-electron chi connectivity index (χ0n) is 19.3. The average Bonchev–Trinajstić information content (AvgIpc) is 3.01. The molecule has 0 saturated heterocycles. The predicted molar refractivity (Wildman–Crippen MR) is 119 cm³/mol. The second-order valence-electron chi connectivity index (χ2n) is 11.0. The first kappa shape index (κ1) is 21.2. The molecule has 4 rings (SSSR count). The fraction of sp³-hybridized carbons (Fsp3) is 0.815. The molecule has 4 aliphatic rings. The summed E-state index contributed by atoms with van der Waals surface area (Å²) in [6, 6.07) is 0. The lowest BCUT2D eigenvalue weighted by Gasteiger charge is -2.55. The van der Waals surface area contributed by atoms with E-state index in [2.05, 4.69) is 32.9 Å². The van der Waals surface area contributed by atoms with Gasteiger partial charge in [-0.3, -0.25) is 4.79 Å². The number of hydrogen-bond acceptors (Lipinski definition) is 2. The van der Waals surface area contributed by atoms with Crippen LogP contribution in [0.5, 0.6) is 0 Å². The molecular weight excluding hydrogens is 356 g/mol. The van der Waals surface area contributed by atoms with Gasteiger partial charge in [-0.2, -0.15) is 0 Å². The van der Waals surface area contributed by atoms with Crippen molar-refractivity contribution in [1.29, 1.82) is 0 Å². The summed E-state index contributed by atoms with van der Waals surface area (Å²) in [6.07, 6.45) is 20.8. The molecule has 3 unspecified atom stereocenters. The van der Waals surface area contributed by atoms with Crippen LogP contribution in [0, 0.1) is 28.6 Å². The zero-order valence-corrected chi connectivity index (χ0v) is 19.3. The lowest BCUT2D eigenvalue weighted by Crippen LogP contribution is -2.46. The highest BCUT2D eigenvalue weighted by molar-refractivity contribution is 5.66. The van der Waals surface area contributed by atoms with E-state index in [1.165, 1.54) is 64.2 Å². The molecule has 0 aromatic heterocycles. The monoisotopic (exact) mass is 398 g/mol. The second kappa shape index (κ2) is 8.23. The van der Waals surface area contributed by atoms with E-state index in [9.17, 15) is 4.79 Å². The molecule has 0 bridgehead atoms. The molecule has 29 heavy (non-hydrogen) atoms. The van der Waals surface area contributed by atoms with Gasteiger partial charge in [-0.15, -0.1) is 0 Å². The summed E-state index contributed by atoms with van der Waals surface area (Å²) in [6.45, 7) is 9.00. The number of carbonyl (C=O) groups excluding carboxylic acids is 1. The van der Waals surface area contributed by atoms with E-state index in [1.807, 2.05) is 0 Å². The van der Waals surface area contributed by atoms with Gasteiger partial charge in [-0.1, -0.05) is 69.8 Å². The Hall–Kier alpha value is -1.05. The van der Waals surface area contributed by atoms with Crippen molar-refractivity contribution in [2.24, 2.45) is 28.6 Å². The Bertz CT molecular complexity index is 689. The Kier molecular flexibility index (Phi) is 6.02. The van der Waals surface area contributed by atoms with Gasteiger partial charge in [-0.25, -0.2) is 0 Å². The molecule has 3 fully saturated rings. The zero-order chi connectivity index (χ0) is 20.6. The van der Waals surface area contributed by atoms with Crippen LogP contribution >= 0.6 is 0 Å². The van der Waals surface area contributed by atoms with Crippen LogP contribution in [0.25, 0.3) is 0 Å². The van der Waals surface area contributed by atoms with Crippen molar-refractivity contribution in [3.8, 4) is 0 Å². The Balaban J connectivity index is 1.50. The van der Waals surface area contributed by atoms with E-state index in [1.54, 1.807) is 18.1 Å². The highest BCUT2D eigenvalue weighted by Gasteiger charge is 2.56. The summed E-state index contributed by atoms with van der Waals surface area (Å²) < 4.78 is 5.57. The molecule has 0 aromatic carbocycles. The minimum Gasteiger partial charge on any atom is -0.462 e. The van der Waals surface area contributed by atoms with E-state index in [0.29, 0.717) is 10.8 Å². The highest BCUT2D eigenvalue weighted by Crippen LogP contribution is 2.65. The maximum Gasteiger partial charge on any atom is 0.302 e. The standard InChI is InChI=1S/C27H42O2/c1-5-6-7-8-9-20-11-13-24-23-12-10-21-18-22(29-19(2)28)14-16-27(21,4)25(23)15-17-26(20,24)3/h10,12,20,22,24-25H,5-9,11,13-18H2,1-4H3/t20-,22?,24?,25?,26+,27-/m0/s1. The van der Waals surface area contributed by atoms with E-state index in [0.717, 1.165) is 30.6 Å². The van der Waals surface area contributed by atoms with Crippen LogP contribution < -0.4 is 0 Å². The molecular formula is C27H42O2. The molecule has 0 amide bonds. The van der Waals surface area contributed by atoms with Gasteiger partial charge < -0.3 is 4.74 Å². The van der Waals surface area contributed by atoms with Gasteiger partial charge in [0, 0.05) is 13.3 Å². The van der Waals surface area contributed by atoms with E-state index < -0.39 is 0 Å². The molecule has 0 radical (unpaired) electrons. The van der Waals surface area contributed by atoms with Gasteiger partial charge in [0.1, 0.15) is 6.10 Å². The van der Waals surface area contributed by atoms with Gasteiger partial charge in [0.2, 0.25) is 0 Å². The number of hydrogen-bond donors (Lipinski definition) is 0. The quantitative estimate of drug-likeness (QED) is 0.344. The Morgan fingerprint density at radius 2 is 1.86 bits per heavy atom. The first-order valence-electron chi connectivity index (χ1n) is 12.5. The molecule has 0 aliphatic heterocycles. The summed E-state index contributed by atoms with van der Waals surface area (Å²) in [5, 5.41) is 0. The van der Waals surface area contributed by atoms with Gasteiger partial charge in [0.15, 0.2) is 0 Å². The third kappa shape index (κ3) is 3.74. The predicted octanol–water partition coefficient (Wildman–Crippen LogP) is 7.39. The van der Waals surface area contributed by atoms with Crippen LogP contribution in [0.1, 0.15) is 105 Å². The van der Waals surface area contributed by atoms with Crippen molar-refractivity contribution in [2.45, 2.75) is 111 Å². The Morgan fingerprint density at radius 3 is 2.62 bits per heavy atom. The molecule has 0 aromatic rings. The topological polar surface area (TPSA) is 26.3 Å². The van der Waals surface area contributed by atoms with Crippen LogP contribution in [-0.2, 0) is 9.53 Å². The van der Waals surface area contributed by atoms with Gasteiger partial charge in [0.25, 0.3) is 0 Å². The molecule has 6 atom stereocenters. The van der Waals surface area contributed by atoms with E-state index in [-0.39, 0.29) is 12.1 Å². The van der Waals surface area contributed by atoms with Crippen LogP contribution in [0.3, 0.4) is 0 Å². The molecule has 3 saturated carbocycles. The number of fused-ring (bicyclic) bond motifs is 5. The summed E-state index contributed by atoms with van der Waals surface area (Å²) in [5.41, 5.74) is 4.15. The van der Waals surface area contributed by atoms with Crippen LogP contribution in [0.15, 0.2) is 23.3 Å². The molecule has 0 spiro atoms. The SMILES string of the molecule is CCCCCC[C@H]1CCC2C3=CC=C4CC(OC(C)=O)CC[C@]4(C)C3CC[C@@]21C. The van der Waals surface area contributed by atoms with Crippen molar-refractivity contribution in [2.75, 3.05) is 0 Å². The van der Waals surface area contributed by atoms with Crippen LogP contribution in [-0.4, -0.2) is 12.1 Å². The average molecular weight is 399 g/mol. The first-order valence-corrected chi connectivity index (χ1v) is 12.5. The van der Waals surface area contributed by atoms with Crippen LogP contribution in [0.4, 0.5) is 0 Å². The van der Waals surface area contributed by atoms with Crippen LogP contribution in [0.2, 0.25) is 0 Å². The van der Waals surface area contributed by atoms with Crippen molar-refractivity contribution < 1.29 is 9.53 Å². The summed E-state index contributed by atoms with van der Waals surface area (Å²) in [4.78, 5) is 11.4. The van der Waals surface area contributed by atoms with Gasteiger partial charge in [-0.05, 0) is 73.5 Å². The minimum absolute atomic E-state index is 0.0922. The van der Waals surface area contributed by atoms with Gasteiger partial charge in [0.05, 0.1) is 0 Å². The largest absolute Gasteiger partial charge is 0.462 e. The third-order valence-corrected chi connectivity index (χ3v) is 9.46. The smallest absolute Gasteiger partial charge is 0.302 e. The molecule has 0 heterocycles. The number of carbonyl (C=O) groups is 1. The molecule has 2 heteroatoms. The number of ether oxygens (including phenoxy) is 1. The van der Waals surface area contributed by atoms with Crippen molar-refractivity contribution >= 4 is 5.97 Å². The summed E-state index contributed by atoms with van der Waals surface area (Å²) >= 11 is 0. The maximum atomic E-state index is 11.4. The Labute approximate surface area is 178 Å². The minimum atomic E-state index is -0.129. The second-order valence-corrected chi connectivity index (χ2v) is 11.0. The summed E-state index contributed by atoms with van der Waals surface area (Å²) in [7, 11) is 0. The fourth-order valence-electron chi connectivity index (χ4n) is 7.70. The number of allylic oxidation sites excluding steroid dienone is 3. The normalized spacial score (nSPS) is 41.0. The highest BCUT2D eigenvalue weighted by atomic mass is 16.5. The van der Waals surface area contributed by atoms with Crippen molar-refractivity contribution in [3.63, 3.8) is 0 Å². The van der Waals surface area contributed by atoms with E-state index >= 15 is 0 Å². The first-order chi connectivity index (χ1) is 13.9. The third-order valence-electron chi connectivity index (χ3n) is 9.46. The lowest BCUT2D eigenvalue weighted by molar-refractivity contribution is -0.148. The Morgan fingerprint density at radius 1 is 1.03 bits per heavy atom. The molecule has 2 nitrogen and oxygen atoms in total. The van der Waals surface area contributed by atoms with Crippen molar-refractivity contribution in [1.82, 2.24) is 0 Å². The number of rotatable bonds is 6. The van der Waals surface area contributed by atoms with Gasteiger partial charge >= 0.3 is 5.97 Å². The summed E-state index contributed by atoms with van der Waals surface area (Å²) in [5.74, 6) is 2.33. The van der Waals surface area contributed by atoms with Crippen molar-refractivity contribution in [3.05, 3.63) is 23.3 Å². The number of esters is 1.